The SMILES string of the molecule is Cc1ccc(C(Cl)c2ccc(OC(F)F)cc2)cc1C. The number of rotatable bonds is 4. The number of hydrogen-bond donors (Lipinski definition) is 0. The molecule has 0 spiro atoms. The third-order valence-electron chi connectivity index (χ3n) is 3.22. The molecule has 0 N–H and O–H groups in total. The molecule has 0 aromatic heterocycles. The summed E-state index contributed by atoms with van der Waals surface area (Å²) in [5, 5.41) is -0.310. The van der Waals surface area contributed by atoms with Gasteiger partial charge in [-0.05, 0) is 48.2 Å². The molecular weight excluding hydrogens is 282 g/mol. The highest BCUT2D eigenvalue weighted by atomic mass is 35.5. The van der Waals surface area contributed by atoms with Crippen molar-refractivity contribution in [2.45, 2.75) is 25.8 Å². The van der Waals surface area contributed by atoms with Gasteiger partial charge in [0, 0.05) is 0 Å². The molecule has 1 nitrogen and oxygen atoms in total. The molecule has 0 saturated heterocycles. The molecule has 1 unspecified atom stereocenters. The van der Waals surface area contributed by atoms with Crippen LogP contribution in [0.15, 0.2) is 42.5 Å². The van der Waals surface area contributed by atoms with Gasteiger partial charge < -0.3 is 4.74 Å². The maximum atomic E-state index is 12.1. The molecule has 0 heterocycles. The zero-order chi connectivity index (χ0) is 14.7. The Hall–Kier alpha value is -1.61. The molecule has 0 amide bonds. The number of alkyl halides is 3. The van der Waals surface area contributed by atoms with Crippen LogP contribution in [-0.4, -0.2) is 6.61 Å². The Labute approximate surface area is 122 Å². The zero-order valence-electron chi connectivity index (χ0n) is 11.2. The molecule has 1 atom stereocenters. The molecule has 0 aliphatic carbocycles. The smallest absolute Gasteiger partial charge is 0.387 e. The number of benzene rings is 2. The number of ether oxygens (including phenoxy) is 1. The van der Waals surface area contributed by atoms with Gasteiger partial charge in [0.05, 0.1) is 5.38 Å². The first-order chi connectivity index (χ1) is 9.47. The van der Waals surface area contributed by atoms with E-state index in [4.69, 9.17) is 11.6 Å². The summed E-state index contributed by atoms with van der Waals surface area (Å²) in [4.78, 5) is 0. The van der Waals surface area contributed by atoms with Crippen molar-refractivity contribution in [2.75, 3.05) is 0 Å². The fraction of sp³-hybridized carbons (Fsp3) is 0.250. The minimum atomic E-state index is -2.81. The molecule has 2 aromatic rings. The van der Waals surface area contributed by atoms with Crippen molar-refractivity contribution in [1.29, 1.82) is 0 Å². The standard InChI is InChI=1S/C16H15ClF2O/c1-10-3-4-13(9-11(10)2)15(17)12-5-7-14(8-6-12)20-16(18)19/h3-9,15-16H,1-2H3. The first-order valence-electron chi connectivity index (χ1n) is 6.23. The van der Waals surface area contributed by atoms with Gasteiger partial charge in [-0.3, -0.25) is 0 Å². The van der Waals surface area contributed by atoms with Crippen LogP contribution < -0.4 is 4.74 Å². The number of halogens is 3. The Kier molecular flexibility index (Phi) is 4.61. The minimum Gasteiger partial charge on any atom is -0.435 e. The molecule has 0 fully saturated rings. The van der Waals surface area contributed by atoms with Gasteiger partial charge in [0.15, 0.2) is 0 Å². The molecule has 0 radical (unpaired) electrons. The van der Waals surface area contributed by atoms with Crippen molar-refractivity contribution in [3.63, 3.8) is 0 Å². The average Bonchev–Trinajstić information content (AvgIpc) is 2.41. The molecule has 4 heteroatoms. The second-order valence-corrected chi connectivity index (χ2v) is 5.09. The van der Waals surface area contributed by atoms with Crippen LogP contribution in [0.5, 0.6) is 5.75 Å². The van der Waals surface area contributed by atoms with Gasteiger partial charge in [-0.25, -0.2) is 0 Å². The van der Waals surface area contributed by atoms with E-state index in [9.17, 15) is 8.78 Å². The predicted octanol–water partition coefficient (Wildman–Crippen LogP) is 5.23. The van der Waals surface area contributed by atoms with Gasteiger partial charge in [0.2, 0.25) is 0 Å². The van der Waals surface area contributed by atoms with Crippen LogP contribution in [0.25, 0.3) is 0 Å². The number of aryl methyl sites for hydroxylation is 2. The van der Waals surface area contributed by atoms with Crippen LogP contribution in [0.4, 0.5) is 8.78 Å². The number of hydrogen-bond acceptors (Lipinski definition) is 1. The third-order valence-corrected chi connectivity index (χ3v) is 3.73. The second kappa shape index (κ2) is 6.23. The molecule has 2 rings (SSSR count). The summed E-state index contributed by atoms with van der Waals surface area (Å²) in [5.41, 5.74) is 4.21. The van der Waals surface area contributed by atoms with Gasteiger partial charge in [-0.15, -0.1) is 11.6 Å². The van der Waals surface area contributed by atoms with Crippen LogP contribution in [0.3, 0.4) is 0 Å². The lowest BCUT2D eigenvalue weighted by atomic mass is 10.00. The Bertz CT molecular complexity index is 582. The molecule has 0 aliphatic heterocycles. The highest BCUT2D eigenvalue weighted by molar-refractivity contribution is 6.22. The molecule has 20 heavy (non-hydrogen) atoms. The molecule has 0 saturated carbocycles. The molecule has 106 valence electrons. The average molecular weight is 297 g/mol. The van der Waals surface area contributed by atoms with Crippen molar-refractivity contribution < 1.29 is 13.5 Å². The van der Waals surface area contributed by atoms with Crippen LogP contribution in [0.2, 0.25) is 0 Å². The van der Waals surface area contributed by atoms with E-state index in [1.807, 2.05) is 32.0 Å². The van der Waals surface area contributed by atoms with E-state index < -0.39 is 6.61 Å². The van der Waals surface area contributed by atoms with Crippen LogP contribution in [-0.2, 0) is 0 Å². The predicted molar refractivity (Wildman–Crippen MR) is 76.7 cm³/mol. The van der Waals surface area contributed by atoms with Gasteiger partial charge >= 0.3 is 6.61 Å². The van der Waals surface area contributed by atoms with Crippen molar-refractivity contribution in [2.24, 2.45) is 0 Å². The van der Waals surface area contributed by atoms with Crippen molar-refractivity contribution in [3.8, 4) is 5.75 Å². The van der Waals surface area contributed by atoms with E-state index in [0.717, 1.165) is 11.1 Å². The lowest BCUT2D eigenvalue weighted by Crippen LogP contribution is -2.02. The van der Waals surface area contributed by atoms with E-state index in [1.54, 1.807) is 12.1 Å². The topological polar surface area (TPSA) is 9.23 Å². The molecule has 0 aliphatic rings. The summed E-state index contributed by atoms with van der Waals surface area (Å²) >= 11 is 6.43. The molecule has 0 bridgehead atoms. The quantitative estimate of drug-likeness (QED) is 0.702. The lowest BCUT2D eigenvalue weighted by molar-refractivity contribution is -0.0498. The summed E-state index contributed by atoms with van der Waals surface area (Å²) < 4.78 is 28.5. The van der Waals surface area contributed by atoms with Gasteiger partial charge in [0.25, 0.3) is 0 Å². The van der Waals surface area contributed by atoms with Gasteiger partial charge in [-0.2, -0.15) is 8.78 Å². The van der Waals surface area contributed by atoms with Crippen molar-refractivity contribution >= 4 is 11.6 Å². The van der Waals surface area contributed by atoms with E-state index in [-0.39, 0.29) is 11.1 Å². The second-order valence-electron chi connectivity index (χ2n) is 4.65. The summed E-state index contributed by atoms with van der Waals surface area (Å²) in [5.74, 6) is 0.132. The van der Waals surface area contributed by atoms with E-state index in [2.05, 4.69) is 4.74 Å². The minimum absolute atomic E-state index is 0.132. The maximum Gasteiger partial charge on any atom is 0.387 e. The maximum absolute atomic E-state index is 12.1. The fourth-order valence-electron chi connectivity index (χ4n) is 1.93. The van der Waals surface area contributed by atoms with Gasteiger partial charge in [0.1, 0.15) is 5.75 Å². The van der Waals surface area contributed by atoms with E-state index in [1.165, 1.54) is 23.3 Å². The van der Waals surface area contributed by atoms with Crippen LogP contribution >= 0.6 is 11.6 Å². The van der Waals surface area contributed by atoms with Crippen LogP contribution in [0, 0.1) is 13.8 Å². The zero-order valence-corrected chi connectivity index (χ0v) is 12.0. The lowest BCUT2D eigenvalue weighted by Gasteiger charge is -2.13. The Balaban J connectivity index is 2.20. The monoisotopic (exact) mass is 296 g/mol. The normalized spacial score (nSPS) is 12.5. The van der Waals surface area contributed by atoms with Crippen molar-refractivity contribution in [3.05, 3.63) is 64.7 Å². The molecular formula is C16H15ClF2O. The first-order valence-corrected chi connectivity index (χ1v) is 6.67. The highest BCUT2D eigenvalue weighted by Crippen LogP contribution is 2.31. The van der Waals surface area contributed by atoms with Gasteiger partial charge in [-0.1, -0.05) is 30.3 Å². The first kappa shape index (κ1) is 14.8. The summed E-state index contributed by atoms with van der Waals surface area (Å²) in [6, 6.07) is 12.4. The summed E-state index contributed by atoms with van der Waals surface area (Å²) in [6.07, 6.45) is 0. The Morgan fingerprint density at radius 3 is 2.05 bits per heavy atom. The summed E-state index contributed by atoms with van der Waals surface area (Å²) in [7, 11) is 0. The molecule has 2 aromatic carbocycles. The Morgan fingerprint density at radius 1 is 0.900 bits per heavy atom. The van der Waals surface area contributed by atoms with E-state index >= 15 is 0 Å². The highest BCUT2D eigenvalue weighted by Gasteiger charge is 2.12. The van der Waals surface area contributed by atoms with E-state index in [0.29, 0.717) is 0 Å². The third kappa shape index (κ3) is 3.48. The fourth-order valence-corrected chi connectivity index (χ4v) is 2.21. The van der Waals surface area contributed by atoms with Crippen molar-refractivity contribution in [1.82, 2.24) is 0 Å². The summed E-state index contributed by atoms with van der Waals surface area (Å²) in [6.45, 7) is 1.26. The largest absolute Gasteiger partial charge is 0.435 e. The Morgan fingerprint density at radius 2 is 1.50 bits per heavy atom. The van der Waals surface area contributed by atoms with Crippen LogP contribution in [0.1, 0.15) is 27.6 Å².